The number of nitrogens with zero attached hydrogens (tertiary/aromatic N) is 3. The maximum absolute atomic E-state index is 13.5. The Hall–Kier alpha value is -4.20. The van der Waals surface area contributed by atoms with Gasteiger partial charge in [-0.05, 0) is 61.4 Å². The molecule has 3 aromatic carbocycles. The van der Waals surface area contributed by atoms with Crippen LogP contribution in [0.3, 0.4) is 0 Å². The summed E-state index contributed by atoms with van der Waals surface area (Å²) in [5.41, 5.74) is 2.00. The number of hydrogen-bond donors (Lipinski definition) is 1. The number of hydrogen-bond acceptors (Lipinski definition) is 5. The highest BCUT2D eigenvalue weighted by Gasteiger charge is 2.22. The molecule has 35 heavy (non-hydrogen) atoms. The summed E-state index contributed by atoms with van der Waals surface area (Å²) in [4.78, 5) is 33.3. The third kappa shape index (κ3) is 4.47. The third-order valence-corrected chi connectivity index (χ3v) is 6.22. The highest BCUT2D eigenvalue weighted by Crippen LogP contribution is 2.24. The molecule has 8 heteroatoms. The van der Waals surface area contributed by atoms with Gasteiger partial charge in [0.05, 0.1) is 23.7 Å². The van der Waals surface area contributed by atoms with Gasteiger partial charge in [0.1, 0.15) is 11.6 Å². The van der Waals surface area contributed by atoms with Gasteiger partial charge in [-0.1, -0.05) is 18.2 Å². The first-order chi connectivity index (χ1) is 17.0. The summed E-state index contributed by atoms with van der Waals surface area (Å²) < 4.78 is 20.4. The maximum Gasteiger partial charge on any atom is 0.267 e. The van der Waals surface area contributed by atoms with Gasteiger partial charge in [0, 0.05) is 30.8 Å². The zero-order valence-corrected chi connectivity index (χ0v) is 19.3. The average Bonchev–Trinajstić information content (AvgIpc) is 3.43. The molecule has 0 aliphatic carbocycles. The second-order valence-electron chi connectivity index (χ2n) is 8.45. The lowest BCUT2D eigenvalue weighted by Gasteiger charge is -2.22. The summed E-state index contributed by atoms with van der Waals surface area (Å²) in [6, 6.07) is 18.2. The molecule has 0 bridgehead atoms. The molecule has 1 saturated heterocycles. The molecule has 1 fully saturated rings. The van der Waals surface area contributed by atoms with E-state index in [1.807, 2.05) is 24.3 Å². The summed E-state index contributed by atoms with van der Waals surface area (Å²) in [5, 5.41) is 3.29. The first-order valence-corrected chi connectivity index (χ1v) is 11.5. The first kappa shape index (κ1) is 22.6. The number of benzene rings is 3. The Labute approximate surface area is 201 Å². The minimum atomic E-state index is -0.373. The fraction of sp³-hybridized carbons (Fsp3) is 0.222. The van der Waals surface area contributed by atoms with E-state index in [-0.39, 0.29) is 17.3 Å². The van der Waals surface area contributed by atoms with Crippen molar-refractivity contribution in [3.8, 4) is 11.4 Å². The molecule has 178 valence electrons. The van der Waals surface area contributed by atoms with Gasteiger partial charge in [-0.25, -0.2) is 13.9 Å². The number of anilines is 1. The van der Waals surface area contributed by atoms with Crippen LogP contribution in [0.4, 0.5) is 10.3 Å². The molecule has 5 rings (SSSR count). The standard InChI is InChI=1S/C27H25FN4O3/c1-35-24-7-3-2-6-19(24)17-29-25(33)18-8-13-22-23(16-18)30-27(31-14-4-5-15-31)32(26(22)34)21-11-9-20(28)10-12-21/h2-3,6-13,16H,4-5,14-15,17H2,1H3,(H,29,33). The topological polar surface area (TPSA) is 76.5 Å². The number of amides is 1. The van der Waals surface area contributed by atoms with Gasteiger partial charge in [-0.15, -0.1) is 0 Å². The number of carbonyl (C=O) groups excluding carboxylic acids is 1. The van der Waals surface area contributed by atoms with Crippen LogP contribution >= 0.6 is 0 Å². The SMILES string of the molecule is COc1ccccc1CNC(=O)c1ccc2c(=O)n(-c3ccc(F)cc3)c(N3CCCC3)nc2c1. The van der Waals surface area contributed by atoms with E-state index in [1.54, 1.807) is 37.4 Å². The molecule has 0 atom stereocenters. The van der Waals surface area contributed by atoms with E-state index in [2.05, 4.69) is 10.2 Å². The van der Waals surface area contributed by atoms with Crippen LogP contribution in [0.5, 0.6) is 5.75 Å². The number of carbonyl (C=O) groups is 1. The molecule has 1 aliphatic rings. The Kier molecular flexibility index (Phi) is 6.18. The fourth-order valence-corrected chi connectivity index (χ4v) is 4.39. The molecular formula is C27H25FN4O3. The van der Waals surface area contributed by atoms with Crippen LogP contribution in [0.2, 0.25) is 0 Å². The fourth-order valence-electron chi connectivity index (χ4n) is 4.39. The molecule has 4 aromatic rings. The second-order valence-corrected chi connectivity index (χ2v) is 8.45. The van der Waals surface area contributed by atoms with Crippen molar-refractivity contribution in [2.75, 3.05) is 25.1 Å². The Morgan fingerprint density at radius 2 is 1.80 bits per heavy atom. The Bertz CT molecular complexity index is 1440. The molecular weight excluding hydrogens is 447 g/mol. The van der Waals surface area contributed by atoms with Crippen LogP contribution in [0.1, 0.15) is 28.8 Å². The maximum atomic E-state index is 13.5. The number of para-hydroxylation sites is 1. The van der Waals surface area contributed by atoms with E-state index >= 15 is 0 Å². The Morgan fingerprint density at radius 1 is 1.06 bits per heavy atom. The number of ether oxygens (including phenoxy) is 1. The van der Waals surface area contributed by atoms with Gasteiger partial charge in [-0.2, -0.15) is 0 Å². The van der Waals surface area contributed by atoms with E-state index < -0.39 is 0 Å². The van der Waals surface area contributed by atoms with E-state index in [4.69, 9.17) is 9.72 Å². The van der Waals surface area contributed by atoms with Crippen LogP contribution in [0, 0.1) is 5.82 Å². The molecule has 0 unspecified atom stereocenters. The quantitative estimate of drug-likeness (QED) is 0.458. The number of methoxy groups -OCH3 is 1. The minimum absolute atomic E-state index is 0.260. The van der Waals surface area contributed by atoms with Gasteiger partial charge in [-0.3, -0.25) is 9.59 Å². The molecule has 1 N–H and O–H groups in total. The number of halogens is 1. The minimum Gasteiger partial charge on any atom is -0.496 e. The summed E-state index contributed by atoms with van der Waals surface area (Å²) in [7, 11) is 1.59. The van der Waals surface area contributed by atoms with Crippen molar-refractivity contribution in [2.24, 2.45) is 0 Å². The smallest absolute Gasteiger partial charge is 0.267 e. The molecule has 0 saturated carbocycles. The van der Waals surface area contributed by atoms with E-state index in [0.717, 1.165) is 31.5 Å². The molecule has 7 nitrogen and oxygen atoms in total. The largest absolute Gasteiger partial charge is 0.496 e. The van der Waals surface area contributed by atoms with E-state index in [0.29, 0.717) is 40.4 Å². The first-order valence-electron chi connectivity index (χ1n) is 11.5. The molecule has 2 heterocycles. The summed E-state index contributed by atoms with van der Waals surface area (Å²) in [5.74, 6) is 0.551. The van der Waals surface area contributed by atoms with Gasteiger partial charge < -0.3 is 15.0 Å². The van der Waals surface area contributed by atoms with Gasteiger partial charge in [0.15, 0.2) is 0 Å². The summed E-state index contributed by atoms with van der Waals surface area (Å²) in [6.45, 7) is 1.86. The lowest BCUT2D eigenvalue weighted by molar-refractivity contribution is 0.0951. The molecule has 1 aliphatic heterocycles. The summed E-state index contributed by atoms with van der Waals surface area (Å²) in [6.07, 6.45) is 2.01. The van der Waals surface area contributed by atoms with Crippen molar-refractivity contribution < 1.29 is 13.9 Å². The Morgan fingerprint density at radius 3 is 2.54 bits per heavy atom. The van der Waals surface area contributed by atoms with Crippen molar-refractivity contribution in [1.29, 1.82) is 0 Å². The van der Waals surface area contributed by atoms with Crippen molar-refractivity contribution >= 4 is 22.8 Å². The van der Waals surface area contributed by atoms with Gasteiger partial charge >= 0.3 is 0 Å². The van der Waals surface area contributed by atoms with E-state index in [1.165, 1.54) is 16.7 Å². The van der Waals surface area contributed by atoms with Gasteiger partial charge in [0.25, 0.3) is 11.5 Å². The highest BCUT2D eigenvalue weighted by atomic mass is 19.1. The lowest BCUT2D eigenvalue weighted by atomic mass is 10.1. The second kappa shape index (κ2) is 9.58. The third-order valence-electron chi connectivity index (χ3n) is 6.22. The Balaban J connectivity index is 1.52. The highest BCUT2D eigenvalue weighted by molar-refractivity contribution is 5.97. The van der Waals surface area contributed by atoms with Crippen LogP contribution in [-0.4, -0.2) is 35.7 Å². The monoisotopic (exact) mass is 472 g/mol. The van der Waals surface area contributed by atoms with Crippen molar-refractivity contribution in [2.45, 2.75) is 19.4 Å². The normalized spacial score (nSPS) is 13.3. The molecule has 0 spiro atoms. The molecule has 0 radical (unpaired) electrons. The number of aromatic nitrogens is 2. The number of nitrogens with one attached hydrogen (secondary N) is 1. The van der Waals surface area contributed by atoms with Crippen molar-refractivity contribution in [3.63, 3.8) is 0 Å². The number of fused-ring (bicyclic) bond motifs is 1. The summed E-state index contributed by atoms with van der Waals surface area (Å²) >= 11 is 0. The van der Waals surface area contributed by atoms with Crippen molar-refractivity contribution in [1.82, 2.24) is 14.9 Å². The van der Waals surface area contributed by atoms with E-state index in [9.17, 15) is 14.0 Å². The van der Waals surface area contributed by atoms with Crippen molar-refractivity contribution in [3.05, 3.63) is 94.0 Å². The van der Waals surface area contributed by atoms with Crippen LogP contribution < -0.4 is 20.5 Å². The number of rotatable bonds is 6. The average molecular weight is 473 g/mol. The van der Waals surface area contributed by atoms with Gasteiger partial charge in [0.2, 0.25) is 5.95 Å². The molecule has 1 aromatic heterocycles. The predicted octanol–water partition coefficient (Wildman–Crippen LogP) is 4.06. The zero-order chi connectivity index (χ0) is 24.4. The van der Waals surface area contributed by atoms with Crippen LogP contribution in [-0.2, 0) is 6.54 Å². The zero-order valence-electron chi connectivity index (χ0n) is 19.3. The molecule has 1 amide bonds. The lowest BCUT2D eigenvalue weighted by Crippen LogP contribution is -2.30. The predicted molar refractivity (Wildman–Crippen MR) is 133 cm³/mol. The van der Waals surface area contributed by atoms with Crippen LogP contribution in [0.15, 0.2) is 71.5 Å². The van der Waals surface area contributed by atoms with Crippen LogP contribution in [0.25, 0.3) is 16.6 Å².